The molecule has 6 nitrogen and oxygen atoms in total. The number of hydrogen-bond acceptors (Lipinski definition) is 4. The Bertz CT molecular complexity index is 557. The van der Waals surface area contributed by atoms with E-state index in [0.29, 0.717) is 0 Å². The van der Waals surface area contributed by atoms with Gasteiger partial charge in [-0.15, -0.1) is 5.10 Å². The largest absolute Gasteiger partial charge is 0.326 e. The maximum Gasteiger partial charge on any atom is 0.326 e. The van der Waals surface area contributed by atoms with Crippen LogP contribution >= 0.6 is 11.6 Å². The molecule has 0 radical (unpaired) electrons. The summed E-state index contributed by atoms with van der Waals surface area (Å²) in [6, 6.07) is 2.87. The van der Waals surface area contributed by atoms with Crippen LogP contribution in [0, 0.1) is 16.1 Å². The molecule has 0 aliphatic rings. The second-order valence-corrected chi connectivity index (χ2v) is 3.18. The fraction of sp³-hybridized carbons (Fsp3) is 0. The van der Waals surface area contributed by atoms with Crippen LogP contribution < -0.4 is 0 Å². The minimum Gasteiger partial charge on any atom is -0.258 e. The molecule has 0 spiro atoms. The van der Waals surface area contributed by atoms with E-state index in [0.717, 1.165) is 10.9 Å². The summed E-state index contributed by atoms with van der Waals surface area (Å²) in [6.45, 7) is 0. The number of aromatic nitrogens is 3. The SMILES string of the molecule is O=[N+]([O-])c1cn(-c2cccnc2F)nc1Cl. The molecule has 2 aromatic heterocycles. The standard InChI is InChI=1S/C8H4ClFN4O2/c9-7-6(14(15)16)4-13(12-7)5-2-1-3-11-8(5)10/h1-4H. The second-order valence-electron chi connectivity index (χ2n) is 2.82. The van der Waals surface area contributed by atoms with Crippen molar-refractivity contribution >= 4 is 17.3 Å². The average molecular weight is 243 g/mol. The van der Waals surface area contributed by atoms with Gasteiger partial charge in [-0.3, -0.25) is 10.1 Å². The van der Waals surface area contributed by atoms with Gasteiger partial charge in [-0.1, -0.05) is 11.6 Å². The smallest absolute Gasteiger partial charge is 0.258 e. The summed E-state index contributed by atoms with van der Waals surface area (Å²) in [7, 11) is 0. The summed E-state index contributed by atoms with van der Waals surface area (Å²) >= 11 is 5.53. The Morgan fingerprint density at radius 1 is 1.56 bits per heavy atom. The number of nitrogens with zero attached hydrogens (tertiary/aromatic N) is 4. The Labute approximate surface area is 93.4 Å². The molecule has 0 aromatic carbocycles. The van der Waals surface area contributed by atoms with Gasteiger partial charge in [0.1, 0.15) is 11.9 Å². The molecule has 16 heavy (non-hydrogen) atoms. The maximum atomic E-state index is 13.2. The van der Waals surface area contributed by atoms with Gasteiger partial charge in [-0.25, -0.2) is 9.67 Å². The molecule has 0 saturated heterocycles. The van der Waals surface area contributed by atoms with Crippen LogP contribution in [-0.2, 0) is 0 Å². The molecule has 0 bridgehead atoms. The lowest BCUT2D eigenvalue weighted by molar-refractivity contribution is -0.384. The first kappa shape index (κ1) is 10.5. The lowest BCUT2D eigenvalue weighted by Gasteiger charge is -1.99. The highest BCUT2D eigenvalue weighted by atomic mass is 35.5. The first-order valence-electron chi connectivity index (χ1n) is 4.10. The van der Waals surface area contributed by atoms with Crippen LogP contribution in [0.1, 0.15) is 0 Å². The molecule has 8 heteroatoms. The van der Waals surface area contributed by atoms with Crippen molar-refractivity contribution in [1.82, 2.24) is 14.8 Å². The van der Waals surface area contributed by atoms with Gasteiger partial charge in [0.25, 0.3) is 0 Å². The monoisotopic (exact) mass is 242 g/mol. The summed E-state index contributed by atoms with van der Waals surface area (Å²) in [5.74, 6) is -0.781. The van der Waals surface area contributed by atoms with Gasteiger partial charge in [0.15, 0.2) is 0 Å². The van der Waals surface area contributed by atoms with E-state index in [4.69, 9.17) is 11.6 Å². The number of rotatable bonds is 2. The van der Waals surface area contributed by atoms with Crippen LogP contribution in [0.3, 0.4) is 0 Å². The van der Waals surface area contributed by atoms with Crippen molar-refractivity contribution in [3.8, 4) is 5.69 Å². The number of hydrogen-bond donors (Lipinski definition) is 0. The van der Waals surface area contributed by atoms with Crippen LogP contribution in [0.2, 0.25) is 5.15 Å². The van der Waals surface area contributed by atoms with Gasteiger partial charge in [-0.05, 0) is 12.1 Å². The molecule has 0 atom stereocenters. The molecule has 0 aliphatic heterocycles. The first-order chi connectivity index (χ1) is 7.59. The molecular weight excluding hydrogens is 239 g/mol. The van der Waals surface area contributed by atoms with Crippen molar-refractivity contribution in [3.63, 3.8) is 0 Å². The summed E-state index contributed by atoms with van der Waals surface area (Å²) in [6.07, 6.45) is 2.29. The van der Waals surface area contributed by atoms with Gasteiger partial charge in [0.2, 0.25) is 11.1 Å². The third kappa shape index (κ3) is 1.72. The van der Waals surface area contributed by atoms with Crippen LogP contribution in [0.15, 0.2) is 24.5 Å². The summed E-state index contributed by atoms with van der Waals surface area (Å²) < 4.78 is 14.2. The molecule has 0 fully saturated rings. The van der Waals surface area contributed by atoms with E-state index in [1.807, 2.05) is 0 Å². The van der Waals surface area contributed by atoms with Crippen molar-refractivity contribution < 1.29 is 9.31 Å². The maximum absolute atomic E-state index is 13.2. The molecule has 0 amide bonds. The van der Waals surface area contributed by atoms with Gasteiger partial charge < -0.3 is 0 Å². The second kappa shape index (κ2) is 3.86. The van der Waals surface area contributed by atoms with Crippen LogP contribution in [-0.4, -0.2) is 19.7 Å². The predicted octanol–water partition coefficient (Wildman–Crippen LogP) is 1.97. The van der Waals surface area contributed by atoms with Crippen molar-refractivity contribution in [1.29, 1.82) is 0 Å². The van der Waals surface area contributed by atoms with E-state index < -0.39 is 10.9 Å². The Balaban J connectivity index is 2.54. The molecule has 0 N–H and O–H groups in total. The Hall–Kier alpha value is -2.02. The zero-order valence-electron chi connectivity index (χ0n) is 7.67. The third-order valence-electron chi connectivity index (χ3n) is 1.83. The predicted molar refractivity (Wildman–Crippen MR) is 53.0 cm³/mol. The third-order valence-corrected chi connectivity index (χ3v) is 2.10. The molecule has 2 heterocycles. The highest BCUT2D eigenvalue weighted by Crippen LogP contribution is 2.24. The molecule has 82 valence electrons. The Kier molecular flexibility index (Phi) is 2.53. The van der Waals surface area contributed by atoms with Crippen molar-refractivity contribution in [3.05, 3.63) is 45.7 Å². The first-order valence-corrected chi connectivity index (χ1v) is 4.48. The number of pyridine rings is 1. The summed E-state index contributed by atoms with van der Waals surface area (Å²) in [4.78, 5) is 13.2. The Morgan fingerprint density at radius 2 is 2.31 bits per heavy atom. The lowest BCUT2D eigenvalue weighted by Crippen LogP contribution is -1.99. The lowest BCUT2D eigenvalue weighted by atomic mass is 10.4. The van der Waals surface area contributed by atoms with Crippen molar-refractivity contribution in [2.75, 3.05) is 0 Å². The van der Waals surface area contributed by atoms with Gasteiger partial charge in [-0.2, -0.15) is 4.39 Å². The van der Waals surface area contributed by atoms with E-state index in [2.05, 4.69) is 10.1 Å². The summed E-state index contributed by atoms with van der Waals surface area (Å²) in [5.41, 5.74) is -0.387. The average Bonchev–Trinajstić information content (AvgIpc) is 2.61. The van der Waals surface area contributed by atoms with Gasteiger partial charge >= 0.3 is 5.69 Å². The quantitative estimate of drug-likeness (QED) is 0.458. The van der Waals surface area contributed by atoms with E-state index in [-0.39, 0.29) is 16.5 Å². The molecule has 2 aromatic rings. The van der Waals surface area contributed by atoms with E-state index in [1.54, 1.807) is 0 Å². The topological polar surface area (TPSA) is 73.8 Å². The van der Waals surface area contributed by atoms with Crippen LogP contribution in [0.5, 0.6) is 0 Å². The van der Waals surface area contributed by atoms with Crippen LogP contribution in [0.25, 0.3) is 5.69 Å². The minimum absolute atomic E-state index is 0.00231. The van der Waals surface area contributed by atoms with Gasteiger partial charge in [0.05, 0.1) is 4.92 Å². The highest BCUT2D eigenvalue weighted by Gasteiger charge is 2.19. The zero-order valence-corrected chi connectivity index (χ0v) is 8.43. The normalized spacial score (nSPS) is 10.4. The summed E-state index contributed by atoms with van der Waals surface area (Å²) in [5, 5.41) is 13.8. The van der Waals surface area contributed by atoms with Crippen molar-refractivity contribution in [2.45, 2.75) is 0 Å². The van der Waals surface area contributed by atoms with E-state index in [9.17, 15) is 14.5 Å². The van der Waals surface area contributed by atoms with Crippen molar-refractivity contribution in [2.24, 2.45) is 0 Å². The van der Waals surface area contributed by atoms with E-state index in [1.165, 1.54) is 18.3 Å². The molecule has 0 saturated carbocycles. The van der Waals surface area contributed by atoms with Crippen LogP contribution in [0.4, 0.5) is 10.1 Å². The highest BCUT2D eigenvalue weighted by molar-refractivity contribution is 6.31. The fourth-order valence-corrected chi connectivity index (χ4v) is 1.34. The zero-order chi connectivity index (χ0) is 11.7. The number of nitro groups is 1. The van der Waals surface area contributed by atoms with Gasteiger partial charge in [0, 0.05) is 6.20 Å². The Morgan fingerprint density at radius 3 is 2.88 bits per heavy atom. The van der Waals surface area contributed by atoms with E-state index >= 15 is 0 Å². The molecular formula is C8H4ClFN4O2. The number of halogens is 2. The molecule has 2 rings (SSSR count). The minimum atomic E-state index is -0.781. The molecule has 0 unspecified atom stereocenters. The fourth-order valence-electron chi connectivity index (χ4n) is 1.14. The molecule has 0 aliphatic carbocycles.